The van der Waals surface area contributed by atoms with Gasteiger partial charge in [-0.25, -0.2) is 8.42 Å². The Morgan fingerprint density at radius 1 is 1.30 bits per heavy atom. The van der Waals surface area contributed by atoms with E-state index < -0.39 is 10.0 Å². The van der Waals surface area contributed by atoms with Crippen LogP contribution in [0.25, 0.3) is 0 Å². The summed E-state index contributed by atoms with van der Waals surface area (Å²) in [7, 11) is -3.30. The van der Waals surface area contributed by atoms with Crippen LogP contribution in [0, 0.1) is 5.92 Å². The fraction of sp³-hybridized carbons (Fsp3) is 0.600. The Morgan fingerprint density at radius 3 is 2.55 bits per heavy atom. The predicted molar refractivity (Wildman–Crippen MR) is 81.2 cm³/mol. The van der Waals surface area contributed by atoms with E-state index in [1.807, 2.05) is 12.1 Å². The third-order valence-electron chi connectivity index (χ3n) is 3.79. The molecule has 0 radical (unpaired) electrons. The summed E-state index contributed by atoms with van der Waals surface area (Å²) in [5, 5.41) is 3.26. The molecule has 1 aromatic rings. The fourth-order valence-corrected chi connectivity index (χ4v) is 4.07. The number of nitrogens with zero attached hydrogens (tertiary/aromatic N) is 1. The van der Waals surface area contributed by atoms with E-state index in [1.54, 1.807) is 16.4 Å². The van der Waals surface area contributed by atoms with Crippen LogP contribution in [0.1, 0.15) is 25.8 Å². The molecule has 20 heavy (non-hydrogen) atoms. The summed E-state index contributed by atoms with van der Waals surface area (Å²) in [6.45, 7) is 7.34. The topological polar surface area (TPSA) is 49.4 Å². The van der Waals surface area contributed by atoms with Gasteiger partial charge in [0.2, 0.25) is 10.0 Å². The van der Waals surface area contributed by atoms with Gasteiger partial charge in [-0.2, -0.15) is 4.31 Å². The van der Waals surface area contributed by atoms with Crippen LogP contribution in [-0.2, 0) is 16.4 Å². The Kier molecular flexibility index (Phi) is 5.18. The average Bonchev–Trinajstić information content (AvgIpc) is 2.87. The van der Waals surface area contributed by atoms with Crippen molar-refractivity contribution in [3.05, 3.63) is 29.8 Å². The quantitative estimate of drug-likeness (QED) is 0.815. The number of hydrogen-bond acceptors (Lipinski definition) is 3. The average molecular weight is 296 g/mol. The first kappa shape index (κ1) is 15.5. The number of benzene rings is 1. The molecule has 0 amide bonds. The Morgan fingerprint density at radius 2 is 2.00 bits per heavy atom. The molecule has 0 aliphatic carbocycles. The van der Waals surface area contributed by atoms with E-state index in [9.17, 15) is 8.42 Å². The van der Waals surface area contributed by atoms with Gasteiger partial charge in [0, 0.05) is 13.1 Å². The standard InChI is InChI=1S/C15H24N2O2S/c1-3-16-10-8-14-4-6-15(7-5-14)20(18,19)17-11-9-13(2)12-17/h4-7,13,16H,3,8-12H2,1-2H3. The molecule has 4 nitrogen and oxygen atoms in total. The molecule has 1 fully saturated rings. The molecule has 1 unspecified atom stereocenters. The third kappa shape index (κ3) is 3.59. The van der Waals surface area contributed by atoms with Crippen molar-refractivity contribution < 1.29 is 8.42 Å². The summed E-state index contributed by atoms with van der Waals surface area (Å²) in [5.74, 6) is 0.462. The molecule has 2 rings (SSSR count). The second-order valence-corrected chi connectivity index (χ2v) is 7.44. The van der Waals surface area contributed by atoms with Crippen LogP contribution in [0.3, 0.4) is 0 Å². The lowest BCUT2D eigenvalue weighted by Crippen LogP contribution is -2.28. The maximum Gasteiger partial charge on any atom is 0.243 e. The van der Waals surface area contributed by atoms with E-state index >= 15 is 0 Å². The zero-order chi connectivity index (χ0) is 14.6. The third-order valence-corrected chi connectivity index (χ3v) is 5.67. The van der Waals surface area contributed by atoms with Crippen LogP contribution in [-0.4, -0.2) is 38.9 Å². The van der Waals surface area contributed by atoms with Gasteiger partial charge in [0.15, 0.2) is 0 Å². The molecule has 112 valence electrons. The molecule has 1 N–H and O–H groups in total. The number of sulfonamides is 1. The number of nitrogens with one attached hydrogen (secondary N) is 1. The minimum atomic E-state index is -3.30. The first-order valence-corrected chi connectivity index (χ1v) is 8.78. The Labute approximate surface area is 122 Å². The van der Waals surface area contributed by atoms with Gasteiger partial charge in [0.1, 0.15) is 0 Å². The van der Waals surface area contributed by atoms with Crippen LogP contribution in [0.2, 0.25) is 0 Å². The minimum Gasteiger partial charge on any atom is -0.317 e. The summed E-state index contributed by atoms with van der Waals surface area (Å²) in [5.41, 5.74) is 1.17. The van der Waals surface area contributed by atoms with E-state index in [4.69, 9.17) is 0 Å². The highest BCUT2D eigenvalue weighted by Crippen LogP contribution is 2.24. The van der Waals surface area contributed by atoms with Crippen molar-refractivity contribution in [2.45, 2.75) is 31.6 Å². The van der Waals surface area contributed by atoms with E-state index in [1.165, 1.54) is 5.56 Å². The van der Waals surface area contributed by atoms with Crippen molar-refractivity contribution in [3.8, 4) is 0 Å². The summed E-state index contributed by atoms with van der Waals surface area (Å²) in [6.07, 6.45) is 1.88. The molecular weight excluding hydrogens is 272 g/mol. The van der Waals surface area contributed by atoms with Gasteiger partial charge in [-0.1, -0.05) is 26.0 Å². The summed E-state index contributed by atoms with van der Waals surface area (Å²) in [4.78, 5) is 0.416. The fourth-order valence-electron chi connectivity index (χ4n) is 2.50. The Hall–Kier alpha value is -0.910. The van der Waals surface area contributed by atoms with Crippen molar-refractivity contribution in [2.75, 3.05) is 26.2 Å². The molecule has 0 spiro atoms. The van der Waals surface area contributed by atoms with Gasteiger partial charge in [0.05, 0.1) is 4.90 Å². The van der Waals surface area contributed by atoms with Gasteiger partial charge >= 0.3 is 0 Å². The lowest BCUT2D eigenvalue weighted by Gasteiger charge is -2.16. The van der Waals surface area contributed by atoms with Crippen molar-refractivity contribution in [3.63, 3.8) is 0 Å². The molecule has 5 heteroatoms. The zero-order valence-corrected chi connectivity index (χ0v) is 13.1. The largest absolute Gasteiger partial charge is 0.317 e. The molecule has 1 atom stereocenters. The van der Waals surface area contributed by atoms with Crippen LogP contribution in [0.15, 0.2) is 29.2 Å². The first-order valence-electron chi connectivity index (χ1n) is 7.34. The highest BCUT2D eigenvalue weighted by molar-refractivity contribution is 7.89. The van der Waals surface area contributed by atoms with E-state index in [0.717, 1.165) is 25.9 Å². The zero-order valence-electron chi connectivity index (χ0n) is 12.3. The highest BCUT2D eigenvalue weighted by Gasteiger charge is 2.30. The molecule has 1 aromatic carbocycles. The maximum absolute atomic E-state index is 12.5. The molecule has 1 aliphatic rings. The van der Waals surface area contributed by atoms with E-state index in [2.05, 4.69) is 19.2 Å². The smallest absolute Gasteiger partial charge is 0.243 e. The van der Waals surface area contributed by atoms with Crippen molar-refractivity contribution in [1.82, 2.24) is 9.62 Å². The van der Waals surface area contributed by atoms with Crippen LogP contribution < -0.4 is 5.32 Å². The monoisotopic (exact) mass is 296 g/mol. The van der Waals surface area contributed by atoms with Gasteiger partial charge in [-0.05, 0) is 49.5 Å². The SMILES string of the molecule is CCNCCc1ccc(S(=O)(=O)N2CCC(C)C2)cc1. The van der Waals surface area contributed by atoms with Crippen molar-refractivity contribution >= 4 is 10.0 Å². The first-order chi connectivity index (χ1) is 9.54. The number of likely N-dealkylation sites (N-methyl/N-ethyl adjacent to an activating group) is 1. The molecule has 1 heterocycles. The van der Waals surface area contributed by atoms with Crippen LogP contribution >= 0.6 is 0 Å². The molecule has 0 aromatic heterocycles. The lowest BCUT2D eigenvalue weighted by atomic mass is 10.1. The predicted octanol–water partition coefficient (Wildman–Crippen LogP) is 1.87. The lowest BCUT2D eigenvalue weighted by molar-refractivity contribution is 0.464. The van der Waals surface area contributed by atoms with Crippen molar-refractivity contribution in [2.24, 2.45) is 5.92 Å². The minimum absolute atomic E-state index is 0.416. The molecule has 0 bridgehead atoms. The Balaban J connectivity index is 2.05. The molecule has 1 aliphatic heterocycles. The molecule has 1 saturated heterocycles. The van der Waals surface area contributed by atoms with E-state index in [0.29, 0.717) is 23.9 Å². The number of rotatable bonds is 6. The second-order valence-electron chi connectivity index (χ2n) is 5.50. The second kappa shape index (κ2) is 6.70. The summed E-state index contributed by atoms with van der Waals surface area (Å²) >= 11 is 0. The van der Waals surface area contributed by atoms with Crippen LogP contribution in [0.4, 0.5) is 0 Å². The summed E-state index contributed by atoms with van der Waals surface area (Å²) < 4.78 is 26.5. The highest BCUT2D eigenvalue weighted by atomic mass is 32.2. The molecular formula is C15H24N2O2S. The van der Waals surface area contributed by atoms with Gasteiger partial charge in [0.25, 0.3) is 0 Å². The van der Waals surface area contributed by atoms with Crippen LogP contribution in [0.5, 0.6) is 0 Å². The van der Waals surface area contributed by atoms with Gasteiger partial charge in [-0.15, -0.1) is 0 Å². The van der Waals surface area contributed by atoms with E-state index in [-0.39, 0.29) is 0 Å². The normalized spacial score (nSPS) is 20.4. The summed E-state index contributed by atoms with van der Waals surface area (Å²) in [6, 6.07) is 7.31. The van der Waals surface area contributed by atoms with Gasteiger partial charge < -0.3 is 5.32 Å². The Bertz CT molecular complexity index is 525. The van der Waals surface area contributed by atoms with Crippen molar-refractivity contribution in [1.29, 1.82) is 0 Å². The maximum atomic E-state index is 12.5. The van der Waals surface area contributed by atoms with Gasteiger partial charge in [-0.3, -0.25) is 0 Å². The number of hydrogen-bond donors (Lipinski definition) is 1. The molecule has 0 saturated carbocycles.